The molecule has 0 aliphatic carbocycles. The van der Waals surface area contributed by atoms with Gasteiger partial charge in [0.2, 0.25) is 0 Å². The van der Waals surface area contributed by atoms with Crippen LogP contribution in [0.4, 0.5) is 5.69 Å². The van der Waals surface area contributed by atoms with Crippen LogP contribution in [-0.2, 0) is 11.2 Å². The van der Waals surface area contributed by atoms with Crippen molar-refractivity contribution in [2.24, 2.45) is 0 Å². The normalized spacial score (nSPS) is 20.2. The zero-order valence-corrected chi connectivity index (χ0v) is 12.2. The smallest absolute Gasteiger partial charge is 0.0594 e. The number of ether oxygens (including phenoxy) is 1. The number of morpholine rings is 1. The van der Waals surface area contributed by atoms with E-state index in [1.165, 1.54) is 22.1 Å². The number of hydrogen-bond donors (Lipinski definition) is 0. The quantitative estimate of drug-likeness (QED) is 0.851. The Morgan fingerprint density at radius 1 is 1.11 bits per heavy atom. The van der Waals surface area contributed by atoms with Crippen LogP contribution in [-0.4, -0.2) is 50.8 Å². The molecule has 0 atom stereocenters. The van der Waals surface area contributed by atoms with Gasteiger partial charge >= 0.3 is 0 Å². The van der Waals surface area contributed by atoms with E-state index in [0.717, 1.165) is 45.9 Å². The van der Waals surface area contributed by atoms with Gasteiger partial charge in [-0.05, 0) is 34.0 Å². The lowest BCUT2D eigenvalue weighted by molar-refractivity contribution is 0.0392. The fourth-order valence-corrected chi connectivity index (χ4v) is 3.45. The molecule has 1 fully saturated rings. The molecule has 3 rings (SSSR count). The molecule has 0 unspecified atom stereocenters. The molecular weight excluding hydrogens is 292 g/mol. The Morgan fingerprint density at radius 2 is 1.94 bits per heavy atom. The Labute approximate surface area is 117 Å². The van der Waals surface area contributed by atoms with Crippen molar-refractivity contribution in [2.75, 3.05) is 50.8 Å². The summed E-state index contributed by atoms with van der Waals surface area (Å²) in [6.07, 6.45) is 1.18. The van der Waals surface area contributed by atoms with Gasteiger partial charge in [0.05, 0.1) is 18.9 Å². The standard InChI is InChI=1S/C14H19BrN2O/c15-13-3-1-2-12-4-5-17(14(12)13)7-6-16-8-10-18-11-9-16/h1-3H,4-11H2. The molecule has 98 valence electrons. The number of rotatable bonds is 3. The highest BCUT2D eigenvalue weighted by molar-refractivity contribution is 9.10. The second-order valence-corrected chi connectivity index (χ2v) is 5.79. The SMILES string of the molecule is Brc1cccc2c1N(CCN1CCOCC1)CC2. The maximum Gasteiger partial charge on any atom is 0.0594 e. The Kier molecular flexibility index (Phi) is 3.87. The molecule has 2 heterocycles. The zero-order chi connectivity index (χ0) is 12.4. The van der Waals surface area contributed by atoms with Crippen molar-refractivity contribution < 1.29 is 4.74 Å². The highest BCUT2D eigenvalue weighted by Crippen LogP contribution is 2.34. The van der Waals surface area contributed by atoms with E-state index < -0.39 is 0 Å². The molecule has 2 aliphatic heterocycles. The molecule has 18 heavy (non-hydrogen) atoms. The minimum absolute atomic E-state index is 0.889. The van der Waals surface area contributed by atoms with Crippen LogP contribution in [0.25, 0.3) is 0 Å². The fourth-order valence-electron chi connectivity index (χ4n) is 2.79. The molecule has 0 saturated carbocycles. The molecule has 1 aromatic carbocycles. The van der Waals surface area contributed by atoms with E-state index in [2.05, 4.69) is 43.9 Å². The largest absolute Gasteiger partial charge is 0.379 e. The van der Waals surface area contributed by atoms with Crippen LogP contribution in [0.15, 0.2) is 22.7 Å². The van der Waals surface area contributed by atoms with Crippen LogP contribution in [0.3, 0.4) is 0 Å². The van der Waals surface area contributed by atoms with Gasteiger partial charge in [0, 0.05) is 37.2 Å². The first-order chi connectivity index (χ1) is 8.84. The summed E-state index contributed by atoms with van der Waals surface area (Å²) in [5, 5.41) is 0. The second-order valence-electron chi connectivity index (χ2n) is 4.94. The average Bonchev–Trinajstić information content (AvgIpc) is 2.82. The third-order valence-electron chi connectivity index (χ3n) is 3.83. The van der Waals surface area contributed by atoms with Gasteiger partial charge in [-0.2, -0.15) is 0 Å². The number of nitrogens with zero attached hydrogens (tertiary/aromatic N) is 2. The van der Waals surface area contributed by atoms with Gasteiger partial charge in [-0.1, -0.05) is 12.1 Å². The van der Waals surface area contributed by atoms with Crippen LogP contribution in [0, 0.1) is 0 Å². The number of hydrogen-bond acceptors (Lipinski definition) is 3. The maximum atomic E-state index is 5.38. The zero-order valence-electron chi connectivity index (χ0n) is 10.6. The summed E-state index contributed by atoms with van der Waals surface area (Å²) in [5.41, 5.74) is 2.89. The minimum Gasteiger partial charge on any atom is -0.379 e. The molecule has 0 spiro atoms. The summed E-state index contributed by atoms with van der Waals surface area (Å²) in [6.45, 7) is 7.36. The molecule has 1 aromatic rings. The summed E-state index contributed by atoms with van der Waals surface area (Å²) in [6, 6.07) is 6.52. The van der Waals surface area contributed by atoms with Crippen LogP contribution in [0.5, 0.6) is 0 Å². The van der Waals surface area contributed by atoms with Gasteiger partial charge in [-0.15, -0.1) is 0 Å². The maximum absolute atomic E-state index is 5.38. The van der Waals surface area contributed by atoms with Crippen molar-refractivity contribution >= 4 is 21.6 Å². The average molecular weight is 311 g/mol. The van der Waals surface area contributed by atoms with Crippen molar-refractivity contribution in [3.05, 3.63) is 28.2 Å². The first-order valence-electron chi connectivity index (χ1n) is 6.67. The number of fused-ring (bicyclic) bond motifs is 1. The van der Waals surface area contributed by atoms with Gasteiger partial charge < -0.3 is 9.64 Å². The highest BCUT2D eigenvalue weighted by Gasteiger charge is 2.21. The summed E-state index contributed by atoms with van der Waals surface area (Å²) in [7, 11) is 0. The molecule has 0 N–H and O–H groups in total. The second kappa shape index (κ2) is 5.59. The molecule has 0 radical (unpaired) electrons. The van der Waals surface area contributed by atoms with Crippen molar-refractivity contribution in [2.45, 2.75) is 6.42 Å². The molecule has 2 aliphatic rings. The first-order valence-corrected chi connectivity index (χ1v) is 7.46. The van der Waals surface area contributed by atoms with Gasteiger partial charge in [0.15, 0.2) is 0 Å². The monoisotopic (exact) mass is 310 g/mol. The summed E-state index contributed by atoms with van der Waals surface area (Å²) in [4.78, 5) is 5.01. The van der Waals surface area contributed by atoms with Crippen LogP contribution < -0.4 is 4.90 Å². The minimum atomic E-state index is 0.889. The summed E-state index contributed by atoms with van der Waals surface area (Å²) < 4.78 is 6.62. The van der Waals surface area contributed by atoms with Gasteiger partial charge in [0.1, 0.15) is 0 Å². The topological polar surface area (TPSA) is 15.7 Å². The molecule has 3 nitrogen and oxygen atoms in total. The van der Waals surface area contributed by atoms with E-state index in [1.807, 2.05) is 0 Å². The Balaban J connectivity index is 1.62. The Hall–Kier alpha value is -0.580. The van der Waals surface area contributed by atoms with Crippen molar-refractivity contribution in [3.63, 3.8) is 0 Å². The van der Waals surface area contributed by atoms with Gasteiger partial charge in [-0.25, -0.2) is 0 Å². The fraction of sp³-hybridized carbons (Fsp3) is 0.571. The third kappa shape index (κ3) is 2.56. The lowest BCUT2D eigenvalue weighted by atomic mass is 10.2. The molecule has 0 bridgehead atoms. The Bertz CT molecular complexity index is 418. The summed E-state index contributed by atoms with van der Waals surface area (Å²) >= 11 is 3.68. The summed E-state index contributed by atoms with van der Waals surface area (Å²) in [5.74, 6) is 0. The molecule has 4 heteroatoms. The lowest BCUT2D eigenvalue weighted by Crippen LogP contribution is -2.41. The van der Waals surface area contributed by atoms with E-state index in [-0.39, 0.29) is 0 Å². The number of anilines is 1. The predicted molar refractivity (Wildman–Crippen MR) is 77.3 cm³/mol. The number of halogens is 1. The highest BCUT2D eigenvalue weighted by atomic mass is 79.9. The predicted octanol–water partition coefficient (Wildman–Crippen LogP) is 2.14. The van der Waals surface area contributed by atoms with Crippen molar-refractivity contribution in [1.29, 1.82) is 0 Å². The van der Waals surface area contributed by atoms with Crippen LogP contribution >= 0.6 is 15.9 Å². The van der Waals surface area contributed by atoms with E-state index in [4.69, 9.17) is 4.74 Å². The first kappa shape index (κ1) is 12.5. The molecule has 0 aromatic heterocycles. The molecule has 1 saturated heterocycles. The third-order valence-corrected chi connectivity index (χ3v) is 4.47. The number of benzene rings is 1. The van der Waals surface area contributed by atoms with Crippen LogP contribution in [0.2, 0.25) is 0 Å². The van der Waals surface area contributed by atoms with E-state index in [0.29, 0.717) is 0 Å². The van der Waals surface area contributed by atoms with Gasteiger partial charge in [0.25, 0.3) is 0 Å². The molecular formula is C14H19BrN2O. The van der Waals surface area contributed by atoms with Crippen LogP contribution in [0.1, 0.15) is 5.56 Å². The Morgan fingerprint density at radius 3 is 2.78 bits per heavy atom. The van der Waals surface area contributed by atoms with E-state index in [9.17, 15) is 0 Å². The van der Waals surface area contributed by atoms with E-state index >= 15 is 0 Å². The number of para-hydroxylation sites is 1. The lowest BCUT2D eigenvalue weighted by Gasteiger charge is -2.29. The van der Waals surface area contributed by atoms with E-state index in [1.54, 1.807) is 0 Å². The van der Waals surface area contributed by atoms with Gasteiger partial charge in [-0.3, -0.25) is 4.90 Å². The van der Waals surface area contributed by atoms with Crippen molar-refractivity contribution in [3.8, 4) is 0 Å². The molecule has 0 amide bonds. The van der Waals surface area contributed by atoms with Crippen molar-refractivity contribution in [1.82, 2.24) is 4.90 Å².